The lowest BCUT2D eigenvalue weighted by molar-refractivity contribution is -0.146. The fourth-order valence-corrected chi connectivity index (χ4v) is 2.08. The van der Waals surface area contributed by atoms with E-state index in [-0.39, 0.29) is 17.8 Å². The predicted octanol–water partition coefficient (Wildman–Crippen LogP) is 2.11. The molecule has 0 fully saturated rings. The number of ether oxygens (including phenoxy) is 1. The van der Waals surface area contributed by atoms with Crippen molar-refractivity contribution < 1.29 is 14.3 Å². The van der Waals surface area contributed by atoms with E-state index in [1.165, 1.54) is 7.11 Å². The third kappa shape index (κ3) is 4.37. The number of hydrogen-bond donors (Lipinski definition) is 0. The van der Waals surface area contributed by atoms with Crippen molar-refractivity contribution in [1.82, 2.24) is 4.90 Å². The lowest BCUT2D eigenvalue weighted by Crippen LogP contribution is -2.35. The highest BCUT2D eigenvalue weighted by Crippen LogP contribution is 2.13. The van der Waals surface area contributed by atoms with Crippen LogP contribution >= 0.6 is 0 Å². The summed E-state index contributed by atoms with van der Waals surface area (Å²) in [6.45, 7) is 6.14. The monoisotopic (exact) mass is 277 g/mol. The quantitative estimate of drug-likeness (QED) is 0.774. The number of likely N-dealkylation sites (N-methyl/N-ethyl adjacent to an activating group) is 1. The molecule has 1 aromatic rings. The normalized spacial score (nSPS) is 11.8. The van der Waals surface area contributed by atoms with Gasteiger partial charge in [0.1, 0.15) is 0 Å². The fraction of sp³-hybridized carbons (Fsp3) is 0.500. The molecule has 1 amide bonds. The number of rotatable bonds is 5. The molecule has 0 N–H and O–H groups in total. The summed E-state index contributed by atoms with van der Waals surface area (Å²) in [5.74, 6) is -0.599. The van der Waals surface area contributed by atoms with Gasteiger partial charge >= 0.3 is 5.97 Å². The van der Waals surface area contributed by atoms with E-state index in [0.29, 0.717) is 13.0 Å². The molecule has 0 saturated carbocycles. The minimum Gasteiger partial charge on any atom is -0.469 e. The topological polar surface area (TPSA) is 46.6 Å². The first-order valence-electron chi connectivity index (χ1n) is 6.73. The van der Waals surface area contributed by atoms with E-state index in [2.05, 4.69) is 4.74 Å². The SMILES string of the molecule is COC(=O)C(C)CN(C)C(=O)Cc1cc(C)ccc1C. The number of benzene rings is 1. The van der Waals surface area contributed by atoms with Crippen molar-refractivity contribution in [3.63, 3.8) is 0 Å². The molecule has 0 aliphatic heterocycles. The minimum atomic E-state index is -0.312. The minimum absolute atomic E-state index is 0.00875. The fourth-order valence-electron chi connectivity index (χ4n) is 2.08. The highest BCUT2D eigenvalue weighted by Gasteiger charge is 2.19. The molecule has 0 aliphatic carbocycles. The van der Waals surface area contributed by atoms with Crippen LogP contribution in [0.15, 0.2) is 18.2 Å². The predicted molar refractivity (Wildman–Crippen MR) is 78.4 cm³/mol. The van der Waals surface area contributed by atoms with Crippen molar-refractivity contribution in [2.75, 3.05) is 20.7 Å². The smallest absolute Gasteiger partial charge is 0.310 e. The molecule has 0 saturated heterocycles. The number of nitrogens with zero attached hydrogens (tertiary/aromatic N) is 1. The number of carbonyl (C=O) groups is 2. The Hall–Kier alpha value is -1.84. The van der Waals surface area contributed by atoms with E-state index in [0.717, 1.165) is 16.7 Å². The Bertz CT molecular complexity index is 496. The lowest BCUT2D eigenvalue weighted by atomic mass is 10.0. The summed E-state index contributed by atoms with van der Waals surface area (Å²) in [5, 5.41) is 0. The maximum absolute atomic E-state index is 12.2. The van der Waals surface area contributed by atoms with Crippen LogP contribution in [0.2, 0.25) is 0 Å². The van der Waals surface area contributed by atoms with Crippen LogP contribution in [0.25, 0.3) is 0 Å². The number of hydrogen-bond acceptors (Lipinski definition) is 3. The molecule has 110 valence electrons. The van der Waals surface area contributed by atoms with Crippen LogP contribution < -0.4 is 0 Å². The second kappa shape index (κ2) is 7.08. The zero-order chi connectivity index (χ0) is 15.3. The Balaban J connectivity index is 2.66. The highest BCUT2D eigenvalue weighted by molar-refractivity contribution is 5.80. The summed E-state index contributed by atoms with van der Waals surface area (Å²) in [5.41, 5.74) is 3.29. The van der Waals surface area contributed by atoms with Gasteiger partial charge in [-0.1, -0.05) is 30.7 Å². The van der Waals surface area contributed by atoms with Gasteiger partial charge in [-0.3, -0.25) is 9.59 Å². The molecule has 0 heterocycles. The van der Waals surface area contributed by atoms with E-state index < -0.39 is 0 Å². The van der Waals surface area contributed by atoms with Gasteiger partial charge in [-0.05, 0) is 25.0 Å². The third-order valence-corrected chi connectivity index (χ3v) is 3.42. The summed E-state index contributed by atoms with van der Waals surface area (Å²) in [6, 6.07) is 6.09. The largest absolute Gasteiger partial charge is 0.469 e. The molecule has 0 bridgehead atoms. The zero-order valence-corrected chi connectivity index (χ0v) is 12.9. The summed E-state index contributed by atoms with van der Waals surface area (Å²) >= 11 is 0. The van der Waals surface area contributed by atoms with E-state index in [1.54, 1.807) is 18.9 Å². The molecule has 4 heteroatoms. The molecule has 0 radical (unpaired) electrons. The Kier molecular flexibility index (Phi) is 5.74. The van der Waals surface area contributed by atoms with Crippen LogP contribution in [0.5, 0.6) is 0 Å². The summed E-state index contributed by atoms with van der Waals surface area (Å²) < 4.78 is 4.67. The average Bonchev–Trinajstić information content (AvgIpc) is 2.41. The summed E-state index contributed by atoms with van der Waals surface area (Å²) in [7, 11) is 3.07. The molecular formula is C16H23NO3. The van der Waals surface area contributed by atoms with E-state index in [9.17, 15) is 9.59 Å². The number of carbonyl (C=O) groups excluding carboxylic acids is 2. The second-order valence-electron chi connectivity index (χ2n) is 5.31. The van der Waals surface area contributed by atoms with Crippen LogP contribution in [0.1, 0.15) is 23.6 Å². The molecule has 0 spiro atoms. The first kappa shape index (κ1) is 16.2. The molecule has 0 aromatic heterocycles. The van der Waals surface area contributed by atoms with Gasteiger partial charge in [0.05, 0.1) is 19.4 Å². The Morgan fingerprint density at radius 2 is 1.95 bits per heavy atom. The maximum atomic E-state index is 12.2. The van der Waals surface area contributed by atoms with Crippen LogP contribution in [-0.2, 0) is 20.7 Å². The first-order chi connectivity index (χ1) is 9.35. The van der Waals surface area contributed by atoms with Gasteiger partial charge in [0.25, 0.3) is 0 Å². The molecule has 1 atom stereocenters. The number of methoxy groups -OCH3 is 1. The Morgan fingerprint density at radius 1 is 1.30 bits per heavy atom. The van der Waals surface area contributed by atoms with Gasteiger partial charge in [-0.15, -0.1) is 0 Å². The molecule has 1 rings (SSSR count). The van der Waals surface area contributed by atoms with Crippen molar-refractivity contribution in [3.8, 4) is 0 Å². The van der Waals surface area contributed by atoms with Gasteiger partial charge in [0.2, 0.25) is 5.91 Å². The Morgan fingerprint density at radius 3 is 2.55 bits per heavy atom. The lowest BCUT2D eigenvalue weighted by Gasteiger charge is -2.21. The van der Waals surface area contributed by atoms with Crippen LogP contribution in [0, 0.1) is 19.8 Å². The highest BCUT2D eigenvalue weighted by atomic mass is 16.5. The van der Waals surface area contributed by atoms with Gasteiger partial charge < -0.3 is 9.64 Å². The average molecular weight is 277 g/mol. The van der Waals surface area contributed by atoms with Gasteiger partial charge in [-0.2, -0.15) is 0 Å². The van der Waals surface area contributed by atoms with Gasteiger partial charge in [0, 0.05) is 13.6 Å². The van der Waals surface area contributed by atoms with Crippen LogP contribution in [0.3, 0.4) is 0 Å². The van der Waals surface area contributed by atoms with Crippen LogP contribution in [0.4, 0.5) is 0 Å². The molecule has 1 unspecified atom stereocenters. The molecular weight excluding hydrogens is 254 g/mol. The van der Waals surface area contributed by atoms with Gasteiger partial charge in [-0.25, -0.2) is 0 Å². The van der Waals surface area contributed by atoms with E-state index in [4.69, 9.17) is 0 Å². The molecule has 0 aliphatic rings. The first-order valence-corrected chi connectivity index (χ1v) is 6.73. The van der Waals surface area contributed by atoms with Crippen molar-refractivity contribution in [2.24, 2.45) is 5.92 Å². The van der Waals surface area contributed by atoms with Crippen molar-refractivity contribution >= 4 is 11.9 Å². The van der Waals surface area contributed by atoms with Crippen LogP contribution in [-0.4, -0.2) is 37.5 Å². The van der Waals surface area contributed by atoms with Crippen molar-refractivity contribution in [1.29, 1.82) is 0 Å². The van der Waals surface area contributed by atoms with Crippen molar-refractivity contribution in [3.05, 3.63) is 34.9 Å². The third-order valence-electron chi connectivity index (χ3n) is 3.42. The molecule has 20 heavy (non-hydrogen) atoms. The maximum Gasteiger partial charge on any atom is 0.310 e. The van der Waals surface area contributed by atoms with Crippen molar-refractivity contribution in [2.45, 2.75) is 27.2 Å². The number of aryl methyl sites for hydroxylation is 2. The van der Waals surface area contributed by atoms with E-state index in [1.807, 2.05) is 32.0 Å². The zero-order valence-electron chi connectivity index (χ0n) is 12.9. The summed E-state index contributed by atoms with van der Waals surface area (Å²) in [4.78, 5) is 25.1. The standard InChI is InChI=1S/C16H23NO3/c1-11-6-7-12(2)14(8-11)9-15(18)17(4)10-13(3)16(19)20-5/h6-8,13H,9-10H2,1-5H3. The summed E-state index contributed by atoms with van der Waals surface area (Å²) in [6.07, 6.45) is 0.359. The Labute approximate surface area is 120 Å². The number of amides is 1. The van der Waals surface area contributed by atoms with Gasteiger partial charge in [0.15, 0.2) is 0 Å². The molecule has 4 nitrogen and oxygen atoms in total. The number of esters is 1. The molecule has 1 aromatic carbocycles. The second-order valence-corrected chi connectivity index (χ2v) is 5.31. The van der Waals surface area contributed by atoms with E-state index >= 15 is 0 Å².